The van der Waals surface area contributed by atoms with Crippen LogP contribution in [0.25, 0.3) is 0 Å². The lowest BCUT2D eigenvalue weighted by Crippen LogP contribution is -2.37. The Morgan fingerprint density at radius 2 is 1.97 bits per heavy atom. The van der Waals surface area contributed by atoms with Gasteiger partial charge in [-0.25, -0.2) is 0 Å². The predicted octanol–water partition coefficient (Wildman–Crippen LogP) is 5.34. The minimum Gasteiger partial charge on any atom is -0.352 e. The van der Waals surface area contributed by atoms with Crippen molar-refractivity contribution in [2.24, 2.45) is 5.41 Å². The summed E-state index contributed by atoms with van der Waals surface area (Å²) in [4.78, 5) is 36.8. The van der Waals surface area contributed by atoms with Gasteiger partial charge in [0.05, 0.1) is 33.3 Å². The number of benzene rings is 2. The van der Waals surface area contributed by atoms with E-state index in [0.29, 0.717) is 40.4 Å². The van der Waals surface area contributed by atoms with Crippen LogP contribution < -0.4 is 10.6 Å². The maximum absolute atomic E-state index is 13.3. The van der Waals surface area contributed by atoms with E-state index in [2.05, 4.69) is 16.7 Å². The molecule has 1 aliphatic heterocycles. The van der Waals surface area contributed by atoms with Gasteiger partial charge >= 0.3 is 0 Å². The van der Waals surface area contributed by atoms with Gasteiger partial charge in [-0.3, -0.25) is 19.7 Å². The number of hydrogen-bond donors (Lipinski definition) is 2. The van der Waals surface area contributed by atoms with Gasteiger partial charge in [0.15, 0.2) is 5.78 Å². The third kappa shape index (κ3) is 5.34. The number of nitro groups is 1. The molecule has 2 aromatic carbocycles. The molecular weight excluding hydrogens is 476 g/mol. The highest BCUT2D eigenvalue weighted by molar-refractivity contribution is 8.03. The number of hydrogen-bond acceptors (Lipinski definition) is 7. The summed E-state index contributed by atoms with van der Waals surface area (Å²) in [7, 11) is 0. The van der Waals surface area contributed by atoms with Crippen molar-refractivity contribution in [2.75, 3.05) is 11.1 Å². The number of non-ortho nitro benzene ring substituents is 1. The van der Waals surface area contributed by atoms with Crippen LogP contribution in [0, 0.1) is 33.8 Å². The van der Waals surface area contributed by atoms with E-state index in [-0.39, 0.29) is 34.1 Å². The number of aryl methyl sites for hydroxylation is 1. The highest BCUT2D eigenvalue weighted by atomic mass is 32.2. The molecule has 184 valence electrons. The van der Waals surface area contributed by atoms with Crippen LogP contribution in [0.15, 0.2) is 70.4 Å². The van der Waals surface area contributed by atoms with Crippen molar-refractivity contribution >= 4 is 34.8 Å². The van der Waals surface area contributed by atoms with Crippen LogP contribution in [0.4, 0.5) is 11.4 Å². The van der Waals surface area contributed by atoms with Crippen LogP contribution in [0.5, 0.6) is 0 Å². The maximum atomic E-state index is 13.3. The van der Waals surface area contributed by atoms with Gasteiger partial charge in [-0.2, -0.15) is 5.26 Å². The summed E-state index contributed by atoms with van der Waals surface area (Å²) in [6, 6.07) is 15.7. The number of allylic oxidation sites excluding steroid dienone is 3. The fourth-order valence-electron chi connectivity index (χ4n) is 4.61. The maximum Gasteiger partial charge on any atom is 0.269 e. The van der Waals surface area contributed by atoms with Crippen LogP contribution >= 0.6 is 11.8 Å². The first kappa shape index (κ1) is 25.2. The Balaban J connectivity index is 1.68. The van der Waals surface area contributed by atoms with Crippen molar-refractivity contribution < 1.29 is 14.5 Å². The van der Waals surface area contributed by atoms with E-state index in [4.69, 9.17) is 0 Å². The number of Topliss-reactive ketones (excluding diaryl/α,β-unsaturated/α-hetero) is 1. The number of nitrogens with one attached hydrogen (secondary N) is 2. The number of thioether (sulfide) groups is 1. The summed E-state index contributed by atoms with van der Waals surface area (Å²) in [6.45, 7) is 5.97. The van der Waals surface area contributed by atoms with Crippen LogP contribution in [0.2, 0.25) is 0 Å². The van der Waals surface area contributed by atoms with Crippen molar-refractivity contribution in [1.29, 1.82) is 5.26 Å². The molecule has 0 saturated carbocycles. The molecule has 0 aromatic heterocycles. The summed E-state index contributed by atoms with van der Waals surface area (Å²) in [5.74, 6) is -1.01. The Bertz CT molecular complexity index is 1350. The van der Waals surface area contributed by atoms with E-state index in [9.17, 15) is 25.0 Å². The van der Waals surface area contributed by atoms with Crippen molar-refractivity contribution in [2.45, 2.75) is 39.5 Å². The highest BCUT2D eigenvalue weighted by Crippen LogP contribution is 2.48. The van der Waals surface area contributed by atoms with Crippen molar-refractivity contribution in [3.8, 4) is 6.07 Å². The number of amides is 1. The number of carbonyl (C=O) groups is 2. The second kappa shape index (κ2) is 9.99. The Labute approximate surface area is 213 Å². The molecule has 0 saturated heterocycles. The zero-order chi connectivity index (χ0) is 26.0. The molecule has 1 atom stereocenters. The molecule has 36 heavy (non-hydrogen) atoms. The normalized spacial score (nSPS) is 18.7. The number of rotatable bonds is 6. The molecule has 1 aliphatic carbocycles. The van der Waals surface area contributed by atoms with E-state index in [1.54, 1.807) is 12.1 Å². The molecule has 1 unspecified atom stereocenters. The van der Waals surface area contributed by atoms with Gasteiger partial charge in [0, 0.05) is 35.5 Å². The van der Waals surface area contributed by atoms with E-state index in [0.717, 1.165) is 5.56 Å². The van der Waals surface area contributed by atoms with Gasteiger partial charge in [-0.1, -0.05) is 55.4 Å². The van der Waals surface area contributed by atoms with Crippen LogP contribution in [0.3, 0.4) is 0 Å². The van der Waals surface area contributed by atoms with Gasteiger partial charge in [0.25, 0.3) is 5.69 Å². The third-order valence-corrected chi connectivity index (χ3v) is 7.24. The fraction of sp³-hybridized carbons (Fsp3) is 0.296. The first-order chi connectivity index (χ1) is 17.1. The Hall–Kier alpha value is -3.90. The molecule has 8 nitrogen and oxygen atoms in total. The number of nitrogens with zero attached hydrogens (tertiary/aromatic N) is 2. The number of anilines is 1. The van der Waals surface area contributed by atoms with Crippen molar-refractivity contribution in [3.05, 3.63) is 91.6 Å². The topological polar surface area (TPSA) is 125 Å². The van der Waals surface area contributed by atoms with E-state index < -0.39 is 10.8 Å². The SMILES string of the molecule is Cc1ccc(NC(=O)CSC2=C(C#N)C(c3cccc([N+](=O)[O-])c3)C3=C(CC(C)(C)CC3=O)N2)cc1. The zero-order valence-corrected chi connectivity index (χ0v) is 21.1. The molecule has 0 spiro atoms. The van der Waals surface area contributed by atoms with Gasteiger partial charge in [-0.15, -0.1) is 0 Å². The predicted molar refractivity (Wildman–Crippen MR) is 139 cm³/mol. The zero-order valence-electron chi connectivity index (χ0n) is 20.3. The molecule has 4 rings (SSSR count). The molecule has 9 heteroatoms. The van der Waals surface area contributed by atoms with E-state index in [1.807, 2.05) is 45.0 Å². The Morgan fingerprint density at radius 3 is 2.64 bits per heavy atom. The quantitative estimate of drug-likeness (QED) is 0.403. The van der Waals surface area contributed by atoms with Gasteiger partial charge in [0.1, 0.15) is 0 Å². The lowest BCUT2D eigenvalue weighted by molar-refractivity contribution is -0.384. The molecule has 2 aliphatic rings. The summed E-state index contributed by atoms with van der Waals surface area (Å²) >= 11 is 1.18. The molecular formula is C27H26N4O4S. The number of ketones is 1. The minimum atomic E-state index is -0.739. The molecule has 2 N–H and O–H groups in total. The molecule has 1 amide bonds. The lowest BCUT2D eigenvalue weighted by atomic mass is 9.69. The van der Waals surface area contributed by atoms with Gasteiger partial charge < -0.3 is 10.6 Å². The minimum absolute atomic E-state index is 0.0446. The van der Waals surface area contributed by atoms with E-state index in [1.165, 1.54) is 23.9 Å². The number of nitriles is 1. The lowest BCUT2D eigenvalue weighted by Gasteiger charge is -2.39. The first-order valence-corrected chi connectivity index (χ1v) is 12.5. The molecule has 2 aromatic rings. The van der Waals surface area contributed by atoms with Gasteiger partial charge in [-0.05, 0) is 36.5 Å². The Morgan fingerprint density at radius 1 is 1.25 bits per heavy atom. The van der Waals surface area contributed by atoms with Crippen LogP contribution in [-0.2, 0) is 9.59 Å². The van der Waals surface area contributed by atoms with Gasteiger partial charge in [0.2, 0.25) is 5.91 Å². The van der Waals surface area contributed by atoms with E-state index >= 15 is 0 Å². The highest BCUT2D eigenvalue weighted by Gasteiger charge is 2.42. The fourth-order valence-corrected chi connectivity index (χ4v) is 5.48. The molecule has 0 bridgehead atoms. The van der Waals surface area contributed by atoms with Crippen molar-refractivity contribution in [1.82, 2.24) is 5.32 Å². The number of dihydropyridines is 1. The Kier molecular flexibility index (Phi) is 7.00. The summed E-state index contributed by atoms with van der Waals surface area (Å²) < 4.78 is 0. The average Bonchev–Trinajstić information content (AvgIpc) is 2.82. The molecule has 0 fully saturated rings. The summed E-state index contributed by atoms with van der Waals surface area (Å²) in [5.41, 5.74) is 3.32. The summed E-state index contributed by atoms with van der Waals surface area (Å²) in [6.07, 6.45) is 0.900. The van der Waals surface area contributed by atoms with Crippen LogP contribution in [-0.4, -0.2) is 22.4 Å². The number of carbonyl (C=O) groups excluding carboxylic acids is 2. The van der Waals surface area contributed by atoms with Crippen molar-refractivity contribution in [3.63, 3.8) is 0 Å². The monoisotopic (exact) mass is 502 g/mol. The smallest absolute Gasteiger partial charge is 0.269 e. The summed E-state index contributed by atoms with van der Waals surface area (Å²) in [5, 5.41) is 28.2. The second-order valence-electron chi connectivity index (χ2n) is 9.80. The molecule has 1 heterocycles. The molecule has 0 radical (unpaired) electrons. The standard InChI is InChI=1S/C27H26N4O4S/c1-16-7-9-18(10-8-16)29-23(33)15-36-26-20(14-28)24(17-5-4-6-19(11-17)31(34)35)25-21(30-26)12-27(2,3)13-22(25)32/h4-11,24,30H,12-13,15H2,1-3H3,(H,29,33). The first-order valence-electron chi connectivity index (χ1n) is 11.5. The van der Waals surface area contributed by atoms with Crippen LogP contribution in [0.1, 0.15) is 43.7 Å². The second-order valence-corrected chi connectivity index (χ2v) is 10.8. The largest absolute Gasteiger partial charge is 0.352 e. The average molecular weight is 503 g/mol. The number of nitro benzene ring substituents is 1. The third-order valence-electron chi connectivity index (χ3n) is 6.22.